The Morgan fingerprint density at radius 1 is 0.842 bits per heavy atom. The molecule has 9 heteroatoms. The number of carbonyl (C=O) groups is 3. The molecule has 4 aliphatic rings. The van der Waals surface area contributed by atoms with Gasteiger partial charge in [-0.15, -0.1) is 0 Å². The predicted octanol–water partition coefficient (Wildman–Crippen LogP) is 2.40. The predicted molar refractivity (Wildman–Crippen MR) is 142 cm³/mol. The van der Waals surface area contributed by atoms with Crippen molar-refractivity contribution in [2.24, 2.45) is 11.8 Å². The van der Waals surface area contributed by atoms with Crippen molar-refractivity contribution in [1.82, 2.24) is 19.6 Å². The van der Waals surface area contributed by atoms with E-state index in [1.807, 2.05) is 41.3 Å². The molecule has 1 N–H and O–H groups in total. The number of hydrogen-bond donors (Lipinski definition) is 1. The molecule has 2 atom stereocenters. The number of rotatable bonds is 5. The van der Waals surface area contributed by atoms with Crippen LogP contribution in [-0.4, -0.2) is 101 Å². The number of piperidine rings is 1. The van der Waals surface area contributed by atoms with E-state index in [0.717, 1.165) is 38.4 Å². The third-order valence-corrected chi connectivity index (χ3v) is 8.93. The molecule has 0 aliphatic carbocycles. The summed E-state index contributed by atoms with van der Waals surface area (Å²) in [5.74, 6) is 0.900. The van der Waals surface area contributed by atoms with E-state index in [2.05, 4.69) is 34.1 Å². The molecule has 4 saturated heterocycles. The van der Waals surface area contributed by atoms with Gasteiger partial charge in [-0.05, 0) is 42.4 Å². The minimum Gasteiger partial charge on any atom is -0.465 e. The molecule has 3 amide bonds. The Kier molecular flexibility index (Phi) is 6.47. The number of fused-ring (bicyclic) bond motifs is 1. The second kappa shape index (κ2) is 9.94. The quantitative estimate of drug-likeness (QED) is 0.656. The fourth-order valence-electron chi connectivity index (χ4n) is 6.92. The lowest BCUT2D eigenvalue weighted by atomic mass is 9.85. The van der Waals surface area contributed by atoms with Crippen LogP contribution < -0.4 is 4.90 Å². The molecule has 2 unspecified atom stereocenters. The highest BCUT2D eigenvalue weighted by atomic mass is 16.4. The largest absolute Gasteiger partial charge is 0.465 e. The maximum Gasteiger partial charge on any atom is 0.407 e. The first-order valence-electron chi connectivity index (χ1n) is 13.6. The molecular formula is C29H35N5O4. The maximum atomic E-state index is 13.8. The van der Waals surface area contributed by atoms with E-state index < -0.39 is 11.6 Å². The summed E-state index contributed by atoms with van der Waals surface area (Å²) in [6.45, 7) is 5.46. The monoisotopic (exact) mass is 517 g/mol. The number of carbonyl (C=O) groups excluding carboxylic acids is 2. The Bertz CT molecular complexity index is 1170. The molecule has 1 spiro atoms. The molecule has 2 aromatic rings. The minimum atomic E-state index is -0.953. The van der Waals surface area contributed by atoms with Gasteiger partial charge >= 0.3 is 6.09 Å². The smallest absolute Gasteiger partial charge is 0.407 e. The van der Waals surface area contributed by atoms with Gasteiger partial charge in [0.1, 0.15) is 12.1 Å². The summed E-state index contributed by atoms with van der Waals surface area (Å²) in [5.41, 5.74) is 1.43. The van der Waals surface area contributed by atoms with Crippen LogP contribution in [0.15, 0.2) is 60.7 Å². The van der Waals surface area contributed by atoms with Gasteiger partial charge in [0.25, 0.3) is 5.91 Å². The van der Waals surface area contributed by atoms with Crippen LogP contribution in [0.25, 0.3) is 0 Å². The molecule has 0 bridgehead atoms. The highest BCUT2D eigenvalue weighted by molar-refractivity contribution is 5.96. The van der Waals surface area contributed by atoms with Gasteiger partial charge in [0.15, 0.2) is 0 Å². The van der Waals surface area contributed by atoms with Crippen molar-refractivity contribution in [2.75, 3.05) is 57.4 Å². The summed E-state index contributed by atoms with van der Waals surface area (Å²) in [6.07, 6.45) is -0.114. The first kappa shape index (κ1) is 24.7. The Balaban J connectivity index is 1.10. The number of para-hydroxylation sites is 1. The van der Waals surface area contributed by atoms with Gasteiger partial charge in [0.05, 0.1) is 6.67 Å². The molecule has 6 rings (SSSR count). The molecule has 0 aromatic heterocycles. The number of likely N-dealkylation sites (tertiary alicyclic amines) is 3. The zero-order valence-corrected chi connectivity index (χ0v) is 21.6. The van der Waals surface area contributed by atoms with E-state index in [-0.39, 0.29) is 18.4 Å². The topological polar surface area (TPSA) is 87.6 Å². The highest BCUT2D eigenvalue weighted by Crippen LogP contribution is 2.40. The van der Waals surface area contributed by atoms with E-state index in [4.69, 9.17) is 0 Å². The molecule has 0 radical (unpaired) electrons. The summed E-state index contributed by atoms with van der Waals surface area (Å²) < 4.78 is 0. The van der Waals surface area contributed by atoms with Gasteiger partial charge in [-0.25, -0.2) is 4.79 Å². The molecule has 4 fully saturated rings. The first-order valence-corrected chi connectivity index (χ1v) is 13.6. The average molecular weight is 518 g/mol. The number of benzene rings is 2. The molecule has 9 nitrogen and oxygen atoms in total. The van der Waals surface area contributed by atoms with Crippen molar-refractivity contribution >= 4 is 23.6 Å². The van der Waals surface area contributed by atoms with E-state index >= 15 is 0 Å². The van der Waals surface area contributed by atoms with Gasteiger partial charge < -0.3 is 24.7 Å². The van der Waals surface area contributed by atoms with Crippen LogP contribution in [0.4, 0.5) is 10.5 Å². The molecule has 38 heavy (non-hydrogen) atoms. The molecule has 2 aromatic carbocycles. The van der Waals surface area contributed by atoms with Crippen LogP contribution in [0.5, 0.6) is 0 Å². The molecule has 4 heterocycles. The van der Waals surface area contributed by atoms with E-state index in [9.17, 15) is 19.5 Å². The van der Waals surface area contributed by atoms with Gasteiger partial charge in [0.2, 0.25) is 5.91 Å². The Labute approximate surface area is 223 Å². The number of hydrogen-bond acceptors (Lipinski definition) is 5. The lowest BCUT2D eigenvalue weighted by molar-refractivity contribution is -0.140. The SMILES string of the molecule is O=C(O)N1CCC2(CC1)C(=O)N(CC(=O)N1CC3CN(Cc4ccccc4)CC3C1)CN2c1ccccc1. The van der Waals surface area contributed by atoms with Crippen LogP contribution >= 0.6 is 0 Å². The lowest BCUT2D eigenvalue weighted by Gasteiger charge is -2.42. The van der Waals surface area contributed by atoms with Gasteiger partial charge in [-0.1, -0.05) is 48.5 Å². The van der Waals surface area contributed by atoms with E-state index in [1.54, 1.807) is 4.90 Å². The summed E-state index contributed by atoms with van der Waals surface area (Å²) >= 11 is 0. The molecular weight excluding hydrogens is 482 g/mol. The van der Waals surface area contributed by atoms with E-state index in [0.29, 0.717) is 44.4 Å². The first-order chi connectivity index (χ1) is 18.4. The maximum absolute atomic E-state index is 13.8. The third kappa shape index (κ3) is 4.49. The van der Waals surface area contributed by atoms with Crippen LogP contribution in [0.1, 0.15) is 18.4 Å². The Hall–Kier alpha value is -3.59. The van der Waals surface area contributed by atoms with Crippen LogP contribution in [0.3, 0.4) is 0 Å². The van der Waals surface area contributed by atoms with Crippen LogP contribution in [-0.2, 0) is 16.1 Å². The zero-order chi connectivity index (χ0) is 26.3. The number of anilines is 1. The number of nitrogens with zero attached hydrogens (tertiary/aromatic N) is 5. The van der Waals surface area contributed by atoms with Gasteiger partial charge in [-0.3, -0.25) is 14.5 Å². The molecule has 200 valence electrons. The van der Waals surface area contributed by atoms with Crippen molar-refractivity contribution in [1.29, 1.82) is 0 Å². The summed E-state index contributed by atoms with van der Waals surface area (Å²) in [5, 5.41) is 9.43. The second-order valence-electron chi connectivity index (χ2n) is 11.2. The third-order valence-electron chi connectivity index (χ3n) is 8.93. The van der Waals surface area contributed by atoms with Crippen molar-refractivity contribution in [3.63, 3.8) is 0 Å². The summed E-state index contributed by atoms with van der Waals surface area (Å²) in [6, 6.07) is 20.3. The Morgan fingerprint density at radius 2 is 1.45 bits per heavy atom. The standard InChI is InChI=1S/C29H35N5O4/c35-26(32-18-23-16-30(17-24(23)19-32)15-22-7-3-1-4-8-22)20-33-21-34(25-9-5-2-6-10-25)29(27(33)36)11-13-31(14-12-29)28(37)38/h1-10,23-24H,11-21H2,(H,37,38). The summed E-state index contributed by atoms with van der Waals surface area (Å²) in [7, 11) is 0. The second-order valence-corrected chi connectivity index (χ2v) is 11.2. The lowest BCUT2D eigenvalue weighted by Crippen LogP contribution is -2.57. The average Bonchev–Trinajstić information content (AvgIpc) is 3.57. The van der Waals surface area contributed by atoms with Crippen molar-refractivity contribution in [2.45, 2.75) is 24.9 Å². The number of amides is 3. The van der Waals surface area contributed by atoms with Crippen LogP contribution in [0, 0.1) is 11.8 Å². The van der Waals surface area contributed by atoms with Gasteiger partial charge in [0, 0.05) is 51.5 Å². The molecule has 0 saturated carbocycles. The fourth-order valence-corrected chi connectivity index (χ4v) is 6.92. The minimum absolute atomic E-state index is 0.00962. The van der Waals surface area contributed by atoms with Crippen LogP contribution in [0.2, 0.25) is 0 Å². The Morgan fingerprint density at radius 3 is 2.05 bits per heavy atom. The fraction of sp³-hybridized carbons (Fsp3) is 0.483. The van der Waals surface area contributed by atoms with Gasteiger partial charge in [-0.2, -0.15) is 0 Å². The van der Waals surface area contributed by atoms with E-state index in [1.165, 1.54) is 10.5 Å². The van der Waals surface area contributed by atoms with Crippen molar-refractivity contribution in [3.8, 4) is 0 Å². The summed E-state index contributed by atoms with van der Waals surface area (Å²) in [4.78, 5) is 48.4. The molecule has 4 aliphatic heterocycles. The zero-order valence-electron chi connectivity index (χ0n) is 21.6. The normalized spacial score (nSPS) is 24.9. The highest BCUT2D eigenvalue weighted by Gasteiger charge is 2.55. The van der Waals surface area contributed by atoms with Crippen molar-refractivity contribution < 1.29 is 19.5 Å². The number of carboxylic acid groups (broad SMARTS) is 1. The van der Waals surface area contributed by atoms with Crippen molar-refractivity contribution in [3.05, 3.63) is 66.2 Å².